The molecule has 0 saturated heterocycles. The van der Waals surface area contributed by atoms with E-state index in [1.165, 1.54) is 10.6 Å². The molecule has 2 aromatic rings. The molecule has 0 unspecified atom stereocenters. The number of anilines is 1. The van der Waals surface area contributed by atoms with Gasteiger partial charge in [0.25, 0.3) is 0 Å². The van der Waals surface area contributed by atoms with Gasteiger partial charge in [0.15, 0.2) is 0 Å². The number of nitrogens with one attached hydrogen (secondary N) is 1. The van der Waals surface area contributed by atoms with Crippen molar-refractivity contribution in [2.75, 3.05) is 23.7 Å². The Bertz CT molecular complexity index is 1070. The van der Waals surface area contributed by atoms with E-state index in [1.54, 1.807) is 17.0 Å². The number of nitrogens with zero attached hydrogens (tertiary/aromatic N) is 2. The summed E-state index contributed by atoms with van der Waals surface area (Å²) >= 11 is 0. The number of carbonyl (C=O) groups excluding carboxylic acids is 2. The molecule has 8 heteroatoms. The lowest BCUT2D eigenvalue weighted by Crippen LogP contribution is -2.51. The molecule has 0 fully saturated rings. The molecule has 2 amide bonds. The van der Waals surface area contributed by atoms with E-state index in [4.69, 9.17) is 0 Å². The fourth-order valence-corrected chi connectivity index (χ4v) is 5.02. The van der Waals surface area contributed by atoms with Crippen LogP contribution in [0.15, 0.2) is 54.6 Å². The summed E-state index contributed by atoms with van der Waals surface area (Å²) < 4.78 is 26.2. The third-order valence-corrected chi connectivity index (χ3v) is 7.54. The summed E-state index contributed by atoms with van der Waals surface area (Å²) in [6.45, 7) is 8.42. The van der Waals surface area contributed by atoms with Gasteiger partial charge in [-0.05, 0) is 57.2 Å². The lowest BCUT2D eigenvalue weighted by atomic mass is 10.1. The highest BCUT2D eigenvalue weighted by molar-refractivity contribution is 7.92. The topological polar surface area (TPSA) is 86.8 Å². The smallest absolute Gasteiger partial charge is 0.243 e. The Kier molecular flexibility index (Phi) is 11.4. The van der Waals surface area contributed by atoms with Crippen molar-refractivity contribution >= 4 is 27.5 Å². The highest BCUT2D eigenvalue weighted by atomic mass is 32.2. The number of rotatable bonds is 14. The van der Waals surface area contributed by atoms with Crippen LogP contribution in [0.5, 0.6) is 0 Å². The van der Waals surface area contributed by atoms with Crippen molar-refractivity contribution in [3.63, 3.8) is 0 Å². The Hall–Kier alpha value is -2.87. The third-order valence-electron chi connectivity index (χ3n) is 6.35. The van der Waals surface area contributed by atoms with Gasteiger partial charge in [-0.3, -0.25) is 13.9 Å². The average Bonchev–Trinajstić information content (AvgIpc) is 2.84. The molecule has 0 aliphatic heterocycles. The Labute approximate surface area is 216 Å². The largest absolute Gasteiger partial charge is 0.352 e. The zero-order valence-corrected chi connectivity index (χ0v) is 23.1. The van der Waals surface area contributed by atoms with Gasteiger partial charge in [0.1, 0.15) is 6.04 Å². The zero-order chi connectivity index (χ0) is 26.7. The van der Waals surface area contributed by atoms with Crippen molar-refractivity contribution in [3.05, 3.63) is 65.7 Å². The highest BCUT2D eigenvalue weighted by Gasteiger charge is 2.29. The molecule has 0 aliphatic carbocycles. The van der Waals surface area contributed by atoms with E-state index in [-0.39, 0.29) is 30.8 Å². The SMILES string of the molecule is CC[C@@H](C)NC(=O)[C@@H](CC)N(CCc1ccccc1)C(=O)CCCN(c1ccc(C)cc1)S(C)(=O)=O. The maximum Gasteiger partial charge on any atom is 0.243 e. The summed E-state index contributed by atoms with van der Waals surface area (Å²) in [5.74, 6) is -0.292. The van der Waals surface area contributed by atoms with Gasteiger partial charge in [0.05, 0.1) is 11.9 Å². The molecule has 0 aliphatic rings. The van der Waals surface area contributed by atoms with Crippen LogP contribution in [0.25, 0.3) is 0 Å². The van der Waals surface area contributed by atoms with E-state index in [0.29, 0.717) is 31.5 Å². The predicted molar refractivity (Wildman–Crippen MR) is 146 cm³/mol. The van der Waals surface area contributed by atoms with Crippen LogP contribution in [0.3, 0.4) is 0 Å². The fraction of sp³-hybridized carbons (Fsp3) is 0.500. The molecule has 2 aromatic carbocycles. The predicted octanol–water partition coefficient (Wildman–Crippen LogP) is 4.31. The average molecular weight is 516 g/mol. The second-order valence-corrected chi connectivity index (χ2v) is 11.2. The maximum atomic E-state index is 13.4. The Balaban J connectivity index is 2.15. The molecule has 0 heterocycles. The first kappa shape index (κ1) is 29.4. The van der Waals surface area contributed by atoms with Gasteiger partial charge in [-0.1, -0.05) is 61.9 Å². The second kappa shape index (κ2) is 14.0. The number of sulfonamides is 1. The highest BCUT2D eigenvalue weighted by Crippen LogP contribution is 2.20. The van der Waals surface area contributed by atoms with Crippen LogP contribution in [-0.2, 0) is 26.0 Å². The van der Waals surface area contributed by atoms with Gasteiger partial charge in [0, 0.05) is 25.6 Å². The Morgan fingerprint density at radius 3 is 2.14 bits per heavy atom. The number of aryl methyl sites for hydroxylation is 1. The van der Waals surface area contributed by atoms with E-state index in [0.717, 1.165) is 17.5 Å². The monoisotopic (exact) mass is 515 g/mol. The summed E-state index contributed by atoms with van der Waals surface area (Å²) in [6, 6.07) is 16.6. The second-order valence-electron chi connectivity index (χ2n) is 9.34. The first-order chi connectivity index (χ1) is 17.1. The van der Waals surface area contributed by atoms with Crippen molar-refractivity contribution in [1.82, 2.24) is 10.2 Å². The van der Waals surface area contributed by atoms with Gasteiger partial charge < -0.3 is 10.2 Å². The summed E-state index contributed by atoms with van der Waals surface area (Å²) in [6.07, 6.45) is 3.62. The minimum absolute atomic E-state index is 0.0236. The van der Waals surface area contributed by atoms with Crippen LogP contribution < -0.4 is 9.62 Å². The summed E-state index contributed by atoms with van der Waals surface area (Å²) in [7, 11) is -3.50. The van der Waals surface area contributed by atoms with Crippen molar-refractivity contribution < 1.29 is 18.0 Å². The van der Waals surface area contributed by atoms with Crippen molar-refractivity contribution in [2.24, 2.45) is 0 Å². The summed E-state index contributed by atoms with van der Waals surface area (Å²) in [4.78, 5) is 28.1. The van der Waals surface area contributed by atoms with Gasteiger partial charge in [0.2, 0.25) is 21.8 Å². The van der Waals surface area contributed by atoms with Gasteiger partial charge >= 0.3 is 0 Å². The maximum absolute atomic E-state index is 13.4. The standard InChI is InChI=1S/C28H41N3O4S/c1-6-23(4)29-28(33)26(7-2)30(21-19-24-12-9-8-10-13-24)27(32)14-11-20-31(36(5,34)35)25-17-15-22(3)16-18-25/h8-10,12-13,15-18,23,26H,6-7,11,14,19-21H2,1-5H3,(H,29,33)/t23-,26-/m1/s1. The van der Waals surface area contributed by atoms with Gasteiger partial charge in [-0.15, -0.1) is 0 Å². The van der Waals surface area contributed by atoms with Crippen LogP contribution in [0, 0.1) is 6.92 Å². The van der Waals surface area contributed by atoms with Crippen molar-refractivity contribution in [1.29, 1.82) is 0 Å². The van der Waals surface area contributed by atoms with Crippen molar-refractivity contribution in [3.8, 4) is 0 Å². The normalized spacial score (nSPS) is 13.0. The minimum Gasteiger partial charge on any atom is -0.352 e. The van der Waals surface area contributed by atoms with Crippen LogP contribution in [0.4, 0.5) is 5.69 Å². The van der Waals surface area contributed by atoms with Gasteiger partial charge in [-0.25, -0.2) is 8.42 Å². The number of benzene rings is 2. The summed E-state index contributed by atoms with van der Waals surface area (Å²) in [5, 5.41) is 3.01. The molecule has 0 spiro atoms. The van der Waals surface area contributed by atoms with E-state index in [9.17, 15) is 18.0 Å². The molecule has 0 bridgehead atoms. The molecule has 0 aromatic heterocycles. The number of hydrogen-bond acceptors (Lipinski definition) is 4. The van der Waals surface area contributed by atoms with Crippen LogP contribution >= 0.6 is 0 Å². The molecule has 198 valence electrons. The first-order valence-corrected chi connectivity index (χ1v) is 14.6. The number of carbonyl (C=O) groups is 2. The molecular weight excluding hydrogens is 474 g/mol. The Morgan fingerprint density at radius 2 is 1.58 bits per heavy atom. The van der Waals surface area contributed by atoms with E-state index >= 15 is 0 Å². The van der Waals surface area contributed by atoms with E-state index in [2.05, 4.69) is 5.32 Å². The van der Waals surface area contributed by atoms with E-state index < -0.39 is 16.1 Å². The summed E-state index contributed by atoms with van der Waals surface area (Å²) in [5.41, 5.74) is 2.71. The minimum atomic E-state index is -3.50. The molecule has 2 atom stereocenters. The molecule has 0 saturated carbocycles. The van der Waals surface area contributed by atoms with Crippen molar-refractivity contribution in [2.45, 2.75) is 71.9 Å². The molecule has 7 nitrogen and oxygen atoms in total. The fourth-order valence-electron chi connectivity index (χ4n) is 4.05. The molecule has 36 heavy (non-hydrogen) atoms. The third kappa shape index (κ3) is 8.97. The molecule has 0 radical (unpaired) electrons. The van der Waals surface area contributed by atoms with Gasteiger partial charge in [-0.2, -0.15) is 0 Å². The van der Waals surface area contributed by atoms with Crippen LogP contribution in [-0.4, -0.2) is 56.6 Å². The molecule has 2 rings (SSSR count). The van der Waals surface area contributed by atoms with Crippen LogP contribution in [0.1, 0.15) is 57.6 Å². The van der Waals surface area contributed by atoms with E-state index in [1.807, 2.05) is 70.2 Å². The zero-order valence-electron chi connectivity index (χ0n) is 22.2. The van der Waals surface area contributed by atoms with Crippen LogP contribution in [0.2, 0.25) is 0 Å². The quantitative estimate of drug-likeness (QED) is 0.406. The molecular formula is C28H41N3O4S. The Morgan fingerprint density at radius 1 is 0.944 bits per heavy atom. The lowest BCUT2D eigenvalue weighted by Gasteiger charge is -2.32. The first-order valence-electron chi connectivity index (χ1n) is 12.7. The number of amides is 2. The lowest BCUT2D eigenvalue weighted by molar-refractivity contribution is -0.141. The molecule has 1 N–H and O–H groups in total. The number of hydrogen-bond donors (Lipinski definition) is 1.